The van der Waals surface area contributed by atoms with Crippen LogP contribution in [0.15, 0.2) is 47.1 Å². The number of benzene rings is 1. The van der Waals surface area contributed by atoms with Crippen molar-refractivity contribution >= 4 is 17.8 Å². The predicted octanol–water partition coefficient (Wildman–Crippen LogP) is 1.60. The number of nitrogens with two attached hydrogens (primary N) is 1. The Labute approximate surface area is 158 Å². The third-order valence-electron chi connectivity index (χ3n) is 5.26. The standard InChI is InChI=1S/C20H24FN5O/c1-13-8-16(10-26-19(13)23-12-24-26)15-4-2-14(3-5-15)9-18(22)20(27)25-7-6-17(21)11-25/h2-5,8,10,12,17-19H,6-7,9,11,22H2,1H3,(H,23,24)/t17?,18-,19?/m0/s1. The summed E-state index contributed by atoms with van der Waals surface area (Å²) >= 11 is 0. The molecule has 3 atom stereocenters. The van der Waals surface area contributed by atoms with Gasteiger partial charge in [0.2, 0.25) is 5.91 Å². The number of carbonyl (C=O) groups excluding carboxylic acids is 1. The van der Waals surface area contributed by atoms with Crippen LogP contribution >= 0.6 is 0 Å². The number of likely N-dealkylation sites (tertiary alicyclic amines) is 1. The molecule has 142 valence electrons. The summed E-state index contributed by atoms with van der Waals surface area (Å²) in [6.45, 7) is 2.69. The number of nitrogens with zero attached hydrogens (tertiary/aromatic N) is 3. The van der Waals surface area contributed by atoms with Crippen molar-refractivity contribution in [2.75, 3.05) is 13.1 Å². The minimum absolute atomic E-state index is 0.0338. The molecule has 1 aromatic rings. The van der Waals surface area contributed by atoms with E-state index in [4.69, 9.17) is 5.73 Å². The Morgan fingerprint density at radius 3 is 2.89 bits per heavy atom. The van der Waals surface area contributed by atoms with E-state index < -0.39 is 12.2 Å². The van der Waals surface area contributed by atoms with E-state index >= 15 is 0 Å². The molecule has 27 heavy (non-hydrogen) atoms. The molecule has 0 radical (unpaired) electrons. The van der Waals surface area contributed by atoms with Gasteiger partial charge in [0.1, 0.15) is 12.5 Å². The van der Waals surface area contributed by atoms with Gasteiger partial charge in [0, 0.05) is 12.7 Å². The van der Waals surface area contributed by atoms with Crippen molar-refractivity contribution in [3.63, 3.8) is 0 Å². The molecule has 0 spiro atoms. The van der Waals surface area contributed by atoms with Crippen molar-refractivity contribution in [3.8, 4) is 0 Å². The molecule has 6 nitrogen and oxygen atoms in total. The number of hydrazine groups is 1. The first-order valence-corrected chi connectivity index (χ1v) is 9.25. The third kappa shape index (κ3) is 3.60. The second-order valence-corrected chi connectivity index (χ2v) is 7.34. The summed E-state index contributed by atoms with van der Waals surface area (Å²) in [6, 6.07) is 7.42. The Morgan fingerprint density at radius 1 is 1.41 bits per heavy atom. The van der Waals surface area contributed by atoms with Gasteiger partial charge in [0.25, 0.3) is 0 Å². The highest BCUT2D eigenvalue weighted by atomic mass is 19.1. The smallest absolute Gasteiger partial charge is 0.239 e. The first-order valence-electron chi connectivity index (χ1n) is 9.25. The fourth-order valence-electron chi connectivity index (χ4n) is 3.75. The van der Waals surface area contributed by atoms with E-state index in [1.54, 1.807) is 6.34 Å². The number of amides is 1. The molecule has 0 aliphatic carbocycles. The number of fused-ring (bicyclic) bond motifs is 1. The van der Waals surface area contributed by atoms with Crippen molar-refractivity contribution < 1.29 is 9.18 Å². The van der Waals surface area contributed by atoms with Crippen molar-refractivity contribution in [1.82, 2.24) is 15.3 Å². The van der Waals surface area contributed by atoms with E-state index in [0.29, 0.717) is 19.4 Å². The molecule has 1 aromatic carbocycles. The monoisotopic (exact) mass is 369 g/mol. The normalized spacial score (nSPS) is 25.0. The molecule has 1 amide bonds. The van der Waals surface area contributed by atoms with Gasteiger partial charge in [-0.15, -0.1) is 0 Å². The van der Waals surface area contributed by atoms with Gasteiger partial charge < -0.3 is 10.6 Å². The first-order chi connectivity index (χ1) is 13.0. The molecule has 4 rings (SSSR count). The summed E-state index contributed by atoms with van der Waals surface area (Å²) in [5.74, 6) is -0.168. The summed E-state index contributed by atoms with van der Waals surface area (Å²) in [7, 11) is 0. The molecule has 3 aliphatic rings. The van der Waals surface area contributed by atoms with Crippen LogP contribution in [-0.2, 0) is 11.2 Å². The van der Waals surface area contributed by atoms with E-state index in [1.807, 2.05) is 35.5 Å². The maximum Gasteiger partial charge on any atom is 0.239 e. The zero-order valence-corrected chi connectivity index (χ0v) is 15.3. The Hall–Kier alpha value is -2.67. The van der Waals surface area contributed by atoms with Gasteiger partial charge >= 0.3 is 0 Å². The van der Waals surface area contributed by atoms with Crippen LogP contribution in [0.1, 0.15) is 24.5 Å². The zero-order valence-electron chi connectivity index (χ0n) is 15.3. The van der Waals surface area contributed by atoms with Crippen LogP contribution in [-0.4, -0.2) is 53.6 Å². The van der Waals surface area contributed by atoms with Crippen molar-refractivity contribution in [1.29, 1.82) is 0 Å². The van der Waals surface area contributed by atoms with Crippen LogP contribution in [0.5, 0.6) is 0 Å². The molecule has 1 fully saturated rings. The lowest BCUT2D eigenvalue weighted by molar-refractivity contribution is -0.131. The maximum atomic E-state index is 13.3. The topological polar surface area (TPSA) is 74.0 Å². The number of allylic oxidation sites excluding steroid dienone is 2. The maximum absolute atomic E-state index is 13.3. The average molecular weight is 369 g/mol. The number of nitrogens with one attached hydrogen (secondary N) is 1. The number of alkyl halides is 1. The van der Waals surface area contributed by atoms with Gasteiger partial charge in [-0.2, -0.15) is 0 Å². The fourth-order valence-corrected chi connectivity index (χ4v) is 3.75. The molecule has 1 saturated heterocycles. The summed E-state index contributed by atoms with van der Waals surface area (Å²) in [5.41, 5.74) is 13.5. The molecule has 0 aromatic heterocycles. The number of rotatable bonds is 4. The number of carbonyl (C=O) groups is 1. The molecular formula is C20H24FN5O. The van der Waals surface area contributed by atoms with Crippen LogP contribution in [0.3, 0.4) is 0 Å². The highest BCUT2D eigenvalue weighted by Gasteiger charge is 2.29. The largest absolute Gasteiger partial charge is 0.338 e. The highest BCUT2D eigenvalue weighted by molar-refractivity contribution is 5.82. The lowest BCUT2D eigenvalue weighted by Crippen LogP contribution is -2.44. The van der Waals surface area contributed by atoms with Gasteiger partial charge in [0.15, 0.2) is 6.17 Å². The summed E-state index contributed by atoms with van der Waals surface area (Å²) < 4.78 is 13.3. The fraction of sp³-hybridized carbons (Fsp3) is 0.400. The molecule has 3 N–H and O–H groups in total. The van der Waals surface area contributed by atoms with Crippen LogP contribution in [0.25, 0.3) is 5.57 Å². The molecule has 7 heteroatoms. The molecule has 2 unspecified atom stereocenters. The minimum Gasteiger partial charge on any atom is -0.338 e. The number of aliphatic imine (C=N–C) groups is 1. The third-order valence-corrected chi connectivity index (χ3v) is 5.26. The van der Waals surface area contributed by atoms with E-state index in [9.17, 15) is 9.18 Å². The van der Waals surface area contributed by atoms with Gasteiger partial charge in [-0.25, -0.2) is 9.38 Å². The van der Waals surface area contributed by atoms with Crippen molar-refractivity contribution in [2.45, 2.75) is 38.1 Å². The van der Waals surface area contributed by atoms with Gasteiger partial charge in [-0.05, 0) is 48.1 Å². The number of halogens is 1. The van der Waals surface area contributed by atoms with E-state index in [0.717, 1.165) is 16.7 Å². The molecule has 0 bridgehead atoms. The lowest BCUT2D eigenvalue weighted by Gasteiger charge is -2.27. The van der Waals surface area contributed by atoms with Gasteiger partial charge in [-0.3, -0.25) is 15.2 Å². The summed E-state index contributed by atoms with van der Waals surface area (Å²) in [6.07, 6.45) is 5.85. The predicted molar refractivity (Wildman–Crippen MR) is 103 cm³/mol. The van der Waals surface area contributed by atoms with E-state index in [2.05, 4.69) is 23.4 Å². The lowest BCUT2D eigenvalue weighted by atomic mass is 9.97. The Kier molecular flexibility index (Phi) is 4.70. The molecule has 0 saturated carbocycles. The van der Waals surface area contributed by atoms with Crippen molar-refractivity contribution in [3.05, 3.63) is 53.2 Å². The van der Waals surface area contributed by atoms with E-state index in [1.165, 1.54) is 10.5 Å². The second kappa shape index (κ2) is 7.15. The molecule has 3 heterocycles. The first kappa shape index (κ1) is 17.7. The minimum atomic E-state index is -0.921. The van der Waals surface area contributed by atoms with Crippen molar-refractivity contribution in [2.24, 2.45) is 10.7 Å². The SMILES string of the molecule is CC1=CC(c2ccc(C[C@H](N)C(=O)N3CCC(F)C3)cc2)=CN2NC=NC12. The van der Waals surface area contributed by atoms with E-state index in [-0.39, 0.29) is 18.6 Å². The summed E-state index contributed by atoms with van der Waals surface area (Å²) in [5, 5.41) is 1.97. The second-order valence-electron chi connectivity index (χ2n) is 7.34. The van der Waals surface area contributed by atoms with Crippen LogP contribution in [0, 0.1) is 0 Å². The highest BCUT2D eigenvalue weighted by Crippen LogP contribution is 2.28. The number of hydrogen-bond donors (Lipinski definition) is 2. The number of hydrogen-bond acceptors (Lipinski definition) is 5. The Morgan fingerprint density at radius 2 is 2.19 bits per heavy atom. The quantitative estimate of drug-likeness (QED) is 0.846. The van der Waals surface area contributed by atoms with Gasteiger partial charge in [0.05, 0.1) is 12.6 Å². The zero-order chi connectivity index (χ0) is 19.0. The van der Waals surface area contributed by atoms with Crippen LogP contribution in [0.4, 0.5) is 4.39 Å². The molecule has 3 aliphatic heterocycles. The average Bonchev–Trinajstić information content (AvgIpc) is 3.30. The van der Waals surface area contributed by atoms with Gasteiger partial charge in [-0.1, -0.05) is 24.3 Å². The van der Waals surface area contributed by atoms with Crippen LogP contribution < -0.4 is 11.2 Å². The molecular weight excluding hydrogens is 345 g/mol. The van der Waals surface area contributed by atoms with Crippen LogP contribution in [0.2, 0.25) is 0 Å². The Balaban J connectivity index is 1.41. The Bertz CT molecular complexity index is 816. The summed E-state index contributed by atoms with van der Waals surface area (Å²) in [4.78, 5) is 18.2.